The Hall–Kier alpha value is -1.06. The van der Waals surface area contributed by atoms with Crippen LogP contribution in [0.5, 0.6) is 0 Å². The first-order chi connectivity index (χ1) is 5.04. The van der Waals surface area contributed by atoms with Gasteiger partial charge in [-0.2, -0.15) is 0 Å². The van der Waals surface area contributed by atoms with Crippen LogP contribution < -0.4 is 0 Å². The van der Waals surface area contributed by atoms with Crippen LogP contribution in [0, 0.1) is 5.41 Å². The van der Waals surface area contributed by atoms with Gasteiger partial charge < -0.3 is 10.0 Å². The summed E-state index contributed by atoms with van der Waals surface area (Å²) in [5, 5.41) is 15.5. The lowest BCUT2D eigenvalue weighted by atomic mass is 10.3. The van der Waals surface area contributed by atoms with Crippen molar-refractivity contribution in [1.82, 2.24) is 4.90 Å². The molecule has 2 N–H and O–H groups in total. The summed E-state index contributed by atoms with van der Waals surface area (Å²) in [7, 11) is 1.78. The quantitative estimate of drug-likeness (QED) is 0.469. The van der Waals surface area contributed by atoms with Gasteiger partial charge in [0.05, 0.1) is 5.84 Å². The molecule has 0 amide bonds. The number of aliphatic carboxylic acids is 1. The highest BCUT2D eigenvalue weighted by Gasteiger charge is 2.00. The Morgan fingerprint density at radius 2 is 2.18 bits per heavy atom. The van der Waals surface area contributed by atoms with E-state index >= 15 is 0 Å². The molecule has 0 saturated heterocycles. The number of nitrogens with zero attached hydrogens (tertiary/aromatic N) is 1. The van der Waals surface area contributed by atoms with Crippen LogP contribution in [-0.2, 0) is 4.79 Å². The van der Waals surface area contributed by atoms with E-state index in [0.717, 1.165) is 0 Å². The van der Waals surface area contributed by atoms with Crippen molar-refractivity contribution >= 4 is 11.8 Å². The summed E-state index contributed by atoms with van der Waals surface area (Å²) in [5.74, 6) is -0.309. The molecule has 0 aromatic heterocycles. The van der Waals surface area contributed by atoms with Gasteiger partial charge in [0, 0.05) is 20.0 Å². The van der Waals surface area contributed by atoms with E-state index in [-0.39, 0.29) is 6.42 Å². The van der Waals surface area contributed by atoms with Crippen molar-refractivity contribution in [2.45, 2.75) is 19.8 Å². The molecule has 0 aliphatic carbocycles. The zero-order chi connectivity index (χ0) is 8.85. The molecular formula is C7H14N2O2. The molecule has 0 spiro atoms. The third kappa shape index (κ3) is 5.39. The summed E-state index contributed by atoms with van der Waals surface area (Å²) in [6, 6.07) is 0. The molecule has 64 valence electrons. The van der Waals surface area contributed by atoms with E-state index in [1.54, 1.807) is 18.9 Å². The molecule has 0 fully saturated rings. The Labute approximate surface area is 66.3 Å². The first kappa shape index (κ1) is 9.94. The maximum Gasteiger partial charge on any atom is 0.303 e. The number of hydrogen-bond acceptors (Lipinski definition) is 2. The maximum atomic E-state index is 10.1. The smallest absolute Gasteiger partial charge is 0.303 e. The van der Waals surface area contributed by atoms with Crippen molar-refractivity contribution in [3.8, 4) is 0 Å². The van der Waals surface area contributed by atoms with Crippen molar-refractivity contribution < 1.29 is 9.90 Å². The summed E-state index contributed by atoms with van der Waals surface area (Å²) in [6.07, 6.45) is 0.777. The molecule has 0 aliphatic rings. The van der Waals surface area contributed by atoms with Crippen LogP contribution >= 0.6 is 0 Å². The second-order valence-electron chi connectivity index (χ2n) is 2.50. The molecule has 0 heterocycles. The highest BCUT2D eigenvalue weighted by molar-refractivity contribution is 5.75. The van der Waals surface area contributed by atoms with Crippen LogP contribution in [0.2, 0.25) is 0 Å². The fourth-order valence-electron chi connectivity index (χ4n) is 0.635. The number of nitrogens with one attached hydrogen (secondary N) is 1. The Kier molecular flexibility index (Phi) is 4.26. The van der Waals surface area contributed by atoms with Gasteiger partial charge in [0.15, 0.2) is 0 Å². The second kappa shape index (κ2) is 4.71. The minimum absolute atomic E-state index is 0.178. The Morgan fingerprint density at radius 1 is 1.64 bits per heavy atom. The molecule has 0 aliphatic heterocycles. The third-order valence-electron chi connectivity index (χ3n) is 1.46. The highest BCUT2D eigenvalue weighted by Crippen LogP contribution is 1.92. The normalized spacial score (nSPS) is 9.27. The average molecular weight is 158 g/mol. The second-order valence-corrected chi connectivity index (χ2v) is 2.50. The van der Waals surface area contributed by atoms with Gasteiger partial charge in [-0.1, -0.05) is 0 Å². The zero-order valence-corrected chi connectivity index (χ0v) is 6.92. The van der Waals surface area contributed by atoms with Gasteiger partial charge in [-0.25, -0.2) is 0 Å². The zero-order valence-electron chi connectivity index (χ0n) is 6.92. The Balaban J connectivity index is 3.39. The molecule has 0 atom stereocenters. The predicted octanol–water partition coefficient (Wildman–Crippen LogP) is 0.780. The van der Waals surface area contributed by atoms with E-state index in [1.807, 2.05) is 0 Å². The van der Waals surface area contributed by atoms with Gasteiger partial charge in [-0.15, -0.1) is 0 Å². The van der Waals surface area contributed by atoms with Crippen molar-refractivity contribution in [2.75, 3.05) is 13.6 Å². The molecule has 0 saturated carbocycles. The van der Waals surface area contributed by atoms with Crippen molar-refractivity contribution in [3.05, 3.63) is 0 Å². The minimum atomic E-state index is -0.777. The summed E-state index contributed by atoms with van der Waals surface area (Å²) >= 11 is 0. The molecule has 0 unspecified atom stereocenters. The summed E-state index contributed by atoms with van der Waals surface area (Å²) in [6.45, 7) is 2.32. The lowest BCUT2D eigenvalue weighted by Gasteiger charge is -2.15. The number of amidine groups is 1. The maximum absolute atomic E-state index is 10.1. The van der Waals surface area contributed by atoms with Gasteiger partial charge in [0.25, 0.3) is 0 Å². The molecular weight excluding hydrogens is 144 g/mol. The lowest BCUT2D eigenvalue weighted by Crippen LogP contribution is -2.24. The average Bonchev–Trinajstić information content (AvgIpc) is 1.86. The van der Waals surface area contributed by atoms with E-state index in [4.69, 9.17) is 10.5 Å². The summed E-state index contributed by atoms with van der Waals surface area (Å²) < 4.78 is 0. The highest BCUT2D eigenvalue weighted by atomic mass is 16.4. The van der Waals surface area contributed by atoms with Gasteiger partial charge >= 0.3 is 5.97 Å². The minimum Gasteiger partial charge on any atom is -0.481 e. The molecule has 4 nitrogen and oxygen atoms in total. The van der Waals surface area contributed by atoms with E-state index in [0.29, 0.717) is 18.8 Å². The van der Waals surface area contributed by atoms with Crippen molar-refractivity contribution in [1.29, 1.82) is 5.41 Å². The predicted molar refractivity (Wildman–Crippen MR) is 42.9 cm³/mol. The molecule has 0 aromatic carbocycles. The van der Waals surface area contributed by atoms with Gasteiger partial charge in [0.1, 0.15) is 0 Å². The van der Waals surface area contributed by atoms with E-state index < -0.39 is 5.97 Å². The number of carbonyl (C=O) groups is 1. The molecule has 0 bridgehead atoms. The standard InChI is InChI=1S/C7H14N2O2/c1-6(8)9(2)5-3-4-7(10)11/h8H,3-5H2,1-2H3,(H,10,11). The SMILES string of the molecule is CC(=N)N(C)CCCC(=O)O. The summed E-state index contributed by atoms with van der Waals surface area (Å²) in [5.41, 5.74) is 0. The van der Waals surface area contributed by atoms with Crippen molar-refractivity contribution in [3.63, 3.8) is 0 Å². The first-order valence-corrected chi connectivity index (χ1v) is 3.52. The molecule has 11 heavy (non-hydrogen) atoms. The van der Waals surface area contributed by atoms with Gasteiger partial charge in [-0.05, 0) is 13.3 Å². The fraction of sp³-hybridized carbons (Fsp3) is 0.714. The number of carboxylic acid groups (broad SMARTS) is 1. The molecule has 0 rings (SSSR count). The number of hydrogen-bond donors (Lipinski definition) is 2. The largest absolute Gasteiger partial charge is 0.481 e. The number of carboxylic acids is 1. The van der Waals surface area contributed by atoms with Crippen LogP contribution in [0.4, 0.5) is 0 Å². The lowest BCUT2D eigenvalue weighted by molar-refractivity contribution is -0.137. The van der Waals surface area contributed by atoms with E-state index in [1.165, 1.54) is 0 Å². The van der Waals surface area contributed by atoms with Crippen LogP contribution in [0.1, 0.15) is 19.8 Å². The van der Waals surface area contributed by atoms with Crippen LogP contribution in [-0.4, -0.2) is 35.4 Å². The fourth-order valence-corrected chi connectivity index (χ4v) is 0.635. The van der Waals surface area contributed by atoms with Crippen LogP contribution in [0.15, 0.2) is 0 Å². The Morgan fingerprint density at radius 3 is 2.55 bits per heavy atom. The first-order valence-electron chi connectivity index (χ1n) is 3.52. The van der Waals surface area contributed by atoms with Gasteiger partial charge in [-0.3, -0.25) is 10.2 Å². The molecule has 0 aromatic rings. The molecule has 0 radical (unpaired) electrons. The third-order valence-corrected chi connectivity index (χ3v) is 1.46. The van der Waals surface area contributed by atoms with E-state index in [2.05, 4.69) is 0 Å². The summed E-state index contributed by atoms with van der Waals surface area (Å²) in [4.78, 5) is 11.8. The molecule has 4 heteroatoms. The van der Waals surface area contributed by atoms with E-state index in [9.17, 15) is 4.79 Å². The topological polar surface area (TPSA) is 64.4 Å². The van der Waals surface area contributed by atoms with Crippen LogP contribution in [0.25, 0.3) is 0 Å². The van der Waals surface area contributed by atoms with Gasteiger partial charge in [0.2, 0.25) is 0 Å². The number of rotatable bonds is 4. The van der Waals surface area contributed by atoms with Crippen LogP contribution in [0.3, 0.4) is 0 Å². The Bertz CT molecular complexity index is 157. The van der Waals surface area contributed by atoms with Crippen molar-refractivity contribution in [2.24, 2.45) is 0 Å². The monoisotopic (exact) mass is 158 g/mol.